The molecule has 0 saturated carbocycles. The second-order valence-electron chi connectivity index (χ2n) is 8.00. The molecule has 7 nitrogen and oxygen atoms in total. The third kappa shape index (κ3) is 3.66. The Hall–Kier alpha value is -3.89. The molecule has 1 aliphatic rings. The molecule has 1 saturated heterocycles. The number of nitrogens with zero attached hydrogens (tertiary/aromatic N) is 3. The van der Waals surface area contributed by atoms with E-state index in [1.54, 1.807) is 0 Å². The zero-order valence-corrected chi connectivity index (χ0v) is 17.8. The maximum Gasteiger partial charge on any atom is 0.253 e. The number of nitriles is 1. The summed E-state index contributed by atoms with van der Waals surface area (Å²) in [6.45, 7) is 3.12. The van der Waals surface area contributed by atoms with Crippen molar-refractivity contribution in [2.45, 2.75) is 32.4 Å². The van der Waals surface area contributed by atoms with Crippen LogP contribution in [0.5, 0.6) is 0 Å². The lowest BCUT2D eigenvalue weighted by Crippen LogP contribution is -2.26. The van der Waals surface area contributed by atoms with Crippen LogP contribution >= 0.6 is 0 Å². The van der Waals surface area contributed by atoms with Gasteiger partial charge in [-0.25, -0.2) is 4.98 Å². The Balaban J connectivity index is 1.42. The summed E-state index contributed by atoms with van der Waals surface area (Å²) in [4.78, 5) is 17.0. The van der Waals surface area contributed by atoms with Gasteiger partial charge in [-0.3, -0.25) is 9.20 Å². The van der Waals surface area contributed by atoms with Crippen LogP contribution < -0.4 is 10.6 Å². The quantitative estimate of drug-likeness (QED) is 0.495. The van der Waals surface area contributed by atoms with E-state index in [9.17, 15) is 10.1 Å². The van der Waals surface area contributed by atoms with Gasteiger partial charge in [0.25, 0.3) is 5.91 Å². The monoisotopic (exact) mass is 425 g/mol. The molecular formula is C25H23N5O2. The zero-order valence-electron chi connectivity index (χ0n) is 17.8. The molecule has 0 bridgehead atoms. The van der Waals surface area contributed by atoms with Crippen molar-refractivity contribution >= 4 is 34.1 Å². The maximum atomic E-state index is 12.4. The third-order valence-electron chi connectivity index (χ3n) is 5.77. The fourth-order valence-electron chi connectivity index (χ4n) is 4.18. The number of amides is 1. The summed E-state index contributed by atoms with van der Waals surface area (Å²) in [5.41, 5.74) is 5.65. The standard InChI is InChI=1S/C25H23N5O2/c1-16-12-23(30-21-9-3-2-8-20(21)29-24(30)19(16)14-26)27-15-17-6-4-7-18(13-17)28-25(31)22-10-5-11-32-22/h2-4,6-9,12-13,22,27H,5,10-11,15H2,1H3,(H,28,31). The highest BCUT2D eigenvalue weighted by Crippen LogP contribution is 2.27. The molecule has 32 heavy (non-hydrogen) atoms. The van der Waals surface area contributed by atoms with E-state index in [2.05, 4.69) is 21.7 Å². The van der Waals surface area contributed by atoms with Crippen molar-refractivity contribution in [2.24, 2.45) is 0 Å². The van der Waals surface area contributed by atoms with Crippen molar-refractivity contribution < 1.29 is 9.53 Å². The normalized spacial score (nSPS) is 15.7. The number of hydrogen-bond acceptors (Lipinski definition) is 5. The zero-order chi connectivity index (χ0) is 22.1. The number of nitrogens with one attached hydrogen (secondary N) is 2. The lowest BCUT2D eigenvalue weighted by molar-refractivity contribution is -0.124. The highest BCUT2D eigenvalue weighted by Gasteiger charge is 2.23. The Morgan fingerprint density at radius 2 is 2.12 bits per heavy atom. The number of rotatable bonds is 5. The van der Waals surface area contributed by atoms with E-state index in [-0.39, 0.29) is 12.0 Å². The van der Waals surface area contributed by atoms with E-state index >= 15 is 0 Å². The van der Waals surface area contributed by atoms with Crippen LogP contribution in [0.3, 0.4) is 0 Å². The van der Waals surface area contributed by atoms with Crippen molar-refractivity contribution in [2.75, 3.05) is 17.2 Å². The first-order valence-electron chi connectivity index (χ1n) is 10.7. The number of para-hydroxylation sites is 2. The van der Waals surface area contributed by atoms with Gasteiger partial charge in [0.15, 0.2) is 5.65 Å². The molecule has 1 amide bonds. The number of carbonyl (C=O) groups excluding carboxylic acids is 1. The first kappa shape index (κ1) is 20.0. The van der Waals surface area contributed by atoms with Gasteiger partial charge >= 0.3 is 0 Å². The van der Waals surface area contributed by atoms with Gasteiger partial charge in [-0.15, -0.1) is 0 Å². The number of benzene rings is 2. The molecule has 5 rings (SSSR count). The van der Waals surface area contributed by atoms with Gasteiger partial charge in [0.1, 0.15) is 18.0 Å². The first-order valence-corrected chi connectivity index (χ1v) is 10.7. The Morgan fingerprint density at radius 3 is 2.94 bits per heavy atom. The molecule has 1 atom stereocenters. The van der Waals surface area contributed by atoms with Crippen LogP contribution in [0.15, 0.2) is 54.6 Å². The largest absolute Gasteiger partial charge is 0.368 e. The van der Waals surface area contributed by atoms with Crippen molar-refractivity contribution in [3.8, 4) is 6.07 Å². The lowest BCUT2D eigenvalue weighted by atomic mass is 10.1. The topological polar surface area (TPSA) is 91.4 Å². The summed E-state index contributed by atoms with van der Waals surface area (Å²) in [6.07, 6.45) is 1.32. The van der Waals surface area contributed by atoms with Gasteiger partial charge in [-0.1, -0.05) is 24.3 Å². The van der Waals surface area contributed by atoms with Crippen molar-refractivity contribution in [1.29, 1.82) is 5.26 Å². The fourth-order valence-corrected chi connectivity index (χ4v) is 4.18. The second-order valence-corrected chi connectivity index (χ2v) is 8.00. The Labute approximate surface area is 185 Å². The molecule has 1 fully saturated rings. The van der Waals surface area contributed by atoms with Gasteiger partial charge in [0, 0.05) is 18.8 Å². The van der Waals surface area contributed by atoms with Gasteiger partial charge in [-0.2, -0.15) is 5.26 Å². The Kier molecular flexibility index (Phi) is 5.21. The van der Waals surface area contributed by atoms with Gasteiger partial charge in [0.05, 0.1) is 16.6 Å². The molecule has 2 N–H and O–H groups in total. The number of aryl methyl sites for hydroxylation is 1. The molecule has 4 aromatic rings. The van der Waals surface area contributed by atoms with Gasteiger partial charge in [0.2, 0.25) is 0 Å². The van der Waals surface area contributed by atoms with E-state index in [4.69, 9.17) is 4.74 Å². The summed E-state index contributed by atoms with van der Waals surface area (Å²) in [5, 5.41) is 16.1. The molecule has 0 spiro atoms. The number of anilines is 2. The molecule has 0 aliphatic carbocycles. The molecular weight excluding hydrogens is 402 g/mol. The van der Waals surface area contributed by atoms with E-state index in [0.29, 0.717) is 24.4 Å². The summed E-state index contributed by atoms with van der Waals surface area (Å²) in [7, 11) is 0. The Bertz CT molecular complexity index is 1360. The van der Waals surface area contributed by atoms with Crippen molar-refractivity contribution in [3.63, 3.8) is 0 Å². The van der Waals surface area contributed by atoms with Crippen LogP contribution in [0, 0.1) is 18.3 Å². The smallest absolute Gasteiger partial charge is 0.253 e. The molecule has 2 aromatic carbocycles. The number of pyridine rings is 1. The highest BCUT2D eigenvalue weighted by atomic mass is 16.5. The third-order valence-corrected chi connectivity index (χ3v) is 5.77. The minimum Gasteiger partial charge on any atom is -0.368 e. The molecule has 7 heteroatoms. The van der Waals surface area contributed by atoms with Crippen LogP contribution in [-0.4, -0.2) is 28.0 Å². The summed E-state index contributed by atoms with van der Waals surface area (Å²) in [5.74, 6) is 0.765. The molecule has 2 aromatic heterocycles. The van der Waals surface area contributed by atoms with Gasteiger partial charge < -0.3 is 15.4 Å². The summed E-state index contributed by atoms with van der Waals surface area (Å²) in [6, 6.07) is 19.9. The number of fused-ring (bicyclic) bond motifs is 3. The predicted molar refractivity (Wildman–Crippen MR) is 124 cm³/mol. The van der Waals surface area contributed by atoms with E-state index < -0.39 is 0 Å². The van der Waals surface area contributed by atoms with E-state index in [0.717, 1.165) is 46.5 Å². The molecule has 3 heterocycles. The molecule has 0 radical (unpaired) electrons. The minimum absolute atomic E-state index is 0.0954. The highest BCUT2D eigenvalue weighted by molar-refractivity contribution is 5.94. The maximum absolute atomic E-state index is 12.4. The molecule has 1 aliphatic heterocycles. The molecule has 160 valence electrons. The second kappa shape index (κ2) is 8.33. The molecule has 1 unspecified atom stereocenters. The van der Waals surface area contributed by atoms with Crippen molar-refractivity contribution in [3.05, 3.63) is 71.3 Å². The van der Waals surface area contributed by atoms with Crippen LogP contribution in [0.1, 0.15) is 29.5 Å². The first-order chi connectivity index (χ1) is 15.6. The lowest BCUT2D eigenvalue weighted by Gasteiger charge is -2.14. The summed E-state index contributed by atoms with van der Waals surface area (Å²) < 4.78 is 7.46. The van der Waals surface area contributed by atoms with E-state index in [1.807, 2.05) is 65.9 Å². The number of ether oxygens (including phenoxy) is 1. The average molecular weight is 425 g/mol. The summed E-state index contributed by atoms with van der Waals surface area (Å²) >= 11 is 0. The van der Waals surface area contributed by atoms with Crippen molar-refractivity contribution in [1.82, 2.24) is 9.38 Å². The minimum atomic E-state index is -0.360. The SMILES string of the molecule is Cc1cc(NCc2cccc(NC(=O)C3CCCO3)c2)n2c(nc3ccccc32)c1C#N. The number of imidazole rings is 1. The fraction of sp³-hybridized carbons (Fsp3) is 0.240. The average Bonchev–Trinajstić information content (AvgIpc) is 3.46. The Morgan fingerprint density at radius 1 is 1.25 bits per heavy atom. The van der Waals surface area contributed by atoms with E-state index in [1.165, 1.54) is 0 Å². The number of carbonyl (C=O) groups is 1. The van der Waals surface area contributed by atoms with Crippen LogP contribution in [0.4, 0.5) is 11.5 Å². The van der Waals surface area contributed by atoms with Crippen LogP contribution in [0.2, 0.25) is 0 Å². The van der Waals surface area contributed by atoms with Gasteiger partial charge in [-0.05, 0) is 61.2 Å². The van der Waals surface area contributed by atoms with Crippen LogP contribution in [-0.2, 0) is 16.1 Å². The number of hydrogen-bond donors (Lipinski definition) is 2. The predicted octanol–water partition coefficient (Wildman–Crippen LogP) is 4.40. The van der Waals surface area contributed by atoms with Crippen LogP contribution in [0.25, 0.3) is 16.7 Å². The number of aromatic nitrogens is 2.